The number of carboxylic acids is 1. The minimum absolute atomic E-state index is 0.0457. The van der Waals surface area contributed by atoms with Gasteiger partial charge in [0.2, 0.25) is 0 Å². The highest BCUT2D eigenvalue weighted by Crippen LogP contribution is 2.30. The number of thioether (sulfide) groups is 1. The molecular weight excluding hydrogens is 294 g/mol. The van der Waals surface area contributed by atoms with E-state index in [0.717, 1.165) is 5.75 Å². The van der Waals surface area contributed by atoms with Crippen molar-refractivity contribution >= 4 is 23.6 Å². The van der Waals surface area contributed by atoms with Crippen LogP contribution in [0.4, 0.5) is 0 Å². The van der Waals surface area contributed by atoms with Crippen LogP contribution in [0.25, 0.3) is 0 Å². The molecule has 2 aliphatic rings. The first-order valence-electron chi connectivity index (χ1n) is 6.73. The van der Waals surface area contributed by atoms with Gasteiger partial charge < -0.3 is 10.0 Å². The molecule has 0 saturated carbocycles. The number of aliphatic carboxylic acids is 1. The molecule has 1 unspecified atom stereocenters. The summed E-state index contributed by atoms with van der Waals surface area (Å²) in [5, 5.41) is 9.98. The van der Waals surface area contributed by atoms with E-state index in [1.807, 2.05) is 0 Å². The van der Waals surface area contributed by atoms with Gasteiger partial charge in [0.15, 0.2) is 5.16 Å². The maximum absolute atomic E-state index is 12.6. The third kappa shape index (κ3) is 2.05. The lowest BCUT2D eigenvalue weighted by atomic mass is 9.99. The molecule has 1 atom stereocenters. The van der Waals surface area contributed by atoms with Crippen LogP contribution in [-0.4, -0.2) is 49.3 Å². The van der Waals surface area contributed by atoms with Gasteiger partial charge in [-0.2, -0.15) is 0 Å². The molecule has 1 saturated heterocycles. The van der Waals surface area contributed by atoms with Crippen LogP contribution >= 0.6 is 11.8 Å². The summed E-state index contributed by atoms with van der Waals surface area (Å²) in [4.78, 5) is 41.8. The molecule has 1 aromatic rings. The van der Waals surface area contributed by atoms with Gasteiger partial charge in [-0.25, -0.2) is 9.78 Å². The molecule has 21 heavy (non-hydrogen) atoms. The van der Waals surface area contributed by atoms with Crippen LogP contribution in [0.15, 0.2) is 16.1 Å². The Kier molecular flexibility index (Phi) is 3.27. The smallest absolute Gasteiger partial charge is 0.329 e. The van der Waals surface area contributed by atoms with Crippen molar-refractivity contribution in [3.8, 4) is 0 Å². The summed E-state index contributed by atoms with van der Waals surface area (Å²) in [5.41, 5.74) is -1.67. The molecule has 0 aromatic carbocycles. The van der Waals surface area contributed by atoms with E-state index in [2.05, 4.69) is 4.98 Å². The predicted molar refractivity (Wildman–Crippen MR) is 75.5 cm³/mol. The highest BCUT2D eigenvalue weighted by Gasteiger charge is 2.46. The molecular formula is C13H15N3O4S. The summed E-state index contributed by atoms with van der Waals surface area (Å²) in [6, 6.07) is 0. The number of aromatic nitrogens is 2. The summed E-state index contributed by atoms with van der Waals surface area (Å²) in [6.07, 6.45) is 2.28. The van der Waals surface area contributed by atoms with Crippen LogP contribution in [0.2, 0.25) is 0 Å². The number of amides is 1. The number of likely N-dealkylation sites (tertiary alicyclic amines) is 1. The first-order chi connectivity index (χ1) is 9.95. The zero-order valence-electron chi connectivity index (χ0n) is 11.5. The molecule has 7 nitrogen and oxygen atoms in total. The van der Waals surface area contributed by atoms with Crippen molar-refractivity contribution in [1.82, 2.24) is 14.5 Å². The van der Waals surface area contributed by atoms with E-state index >= 15 is 0 Å². The average Bonchev–Trinajstić information content (AvgIpc) is 3.06. The van der Waals surface area contributed by atoms with Gasteiger partial charge in [0.1, 0.15) is 11.1 Å². The third-order valence-electron chi connectivity index (χ3n) is 4.13. The summed E-state index contributed by atoms with van der Waals surface area (Å²) < 4.78 is 1.48. The number of carboxylic acid groups (broad SMARTS) is 1. The Hall–Kier alpha value is -1.83. The molecule has 112 valence electrons. The highest BCUT2D eigenvalue weighted by atomic mass is 32.2. The van der Waals surface area contributed by atoms with Crippen LogP contribution in [0.5, 0.6) is 0 Å². The quantitative estimate of drug-likeness (QED) is 0.796. The van der Waals surface area contributed by atoms with Crippen LogP contribution < -0.4 is 5.56 Å². The predicted octanol–water partition coefficient (Wildman–Crippen LogP) is 0.428. The largest absolute Gasteiger partial charge is 0.480 e. The van der Waals surface area contributed by atoms with Gasteiger partial charge in [-0.05, 0) is 19.8 Å². The second-order valence-electron chi connectivity index (χ2n) is 5.40. The molecule has 1 aromatic heterocycles. The second-order valence-corrected chi connectivity index (χ2v) is 6.46. The number of carbonyl (C=O) groups excluding carboxylic acids is 1. The number of carbonyl (C=O) groups is 2. The maximum atomic E-state index is 12.6. The molecule has 0 radical (unpaired) electrons. The fourth-order valence-electron chi connectivity index (χ4n) is 2.82. The van der Waals surface area contributed by atoms with Crippen LogP contribution in [0.3, 0.4) is 0 Å². The van der Waals surface area contributed by atoms with E-state index in [4.69, 9.17) is 0 Å². The van der Waals surface area contributed by atoms with Gasteiger partial charge in [0.25, 0.3) is 11.5 Å². The Balaban J connectivity index is 2.00. The standard InChI is InChI=1S/C13H15N3O4S/c1-13(11(19)20)3-2-4-16(13)10(18)8-7-14-12-15(9(8)17)5-6-21-12/h7H,2-6H2,1H3,(H,19,20). The zero-order valence-corrected chi connectivity index (χ0v) is 12.4. The van der Waals surface area contributed by atoms with E-state index in [9.17, 15) is 19.5 Å². The summed E-state index contributed by atoms with van der Waals surface area (Å²) in [5.74, 6) is -0.823. The van der Waals surface area contributed by atoms with E-state index in [1.54, 1.807) is 0 Å². The maximum Gasteiger partial charge on any atom is 0.329 e. The van der Waals surface area contributed by atoms with Crippen molar-refractivity contribution in [3.05, 3.63) is 22.1 Å². The van der Waals surface area contributed by atoms with E-state index in [0.29, 0.717) is 31.1 Å². The van der Waals surface area contributed by atoms with Gasteiger partial charge in [-0.3, -0.25) is 14.2 Å². The molecule has 0 bridgehead atoms. The zero-order chi connectivity index (χ0) is 15.2. The summed E-state index contributed by atoms with van der Waals surface area (Å²) in [7, 11) is 0. The number of hydrogen-bond donors (Lipinski definition) is 1. The van der Waals surface area contributed by atoms with Gasteiger partial charge in [0, 0.05) is 25.0 Å². The SMILES string of the molecule is CC1(C(=O)O)CCCN1C(=O)c1cnc2n(c1=O)CCS2. The Morgan fingerprint density at radius 1 is 1.43 bits per heavy atom. The van der Waals surface area contributed by atoms with Crippen molar-refractivity contribution in [2.75, 3.05) is 12.3 Å². The van der Waals surface area contributed by atoms with Crippen molar-refractivity contribution in [2.24, 2.45) is 0 Å². The van der Waals surface area contributed by atoms with Gasteiger partial charge in [-0.1, -0.05) is 11.8 Å². The molecule has 1 amide bonds. The molecule has 0 spiro atoms. The number of fused-ring (bicyclic) bond motifs is 1. The minimum Gasteiger partial charge on any atom is -0.480 e. The van der Waals surface area contributed by atoms with Crippen LogP contribution in [-0.2, 0) is 11.3 Å². The topological polar surface area (TPSA) is 92.5 Å². The molecule has 2 aliphatic heterocycles. The number of nitrogens with zero attached hydrogens (tertiary/aromatic N) is 3. The summed E-state index contributed by atoms with van der Waals surface area (Å²) >= 11 is 1.47. The lowest BCUT2D eigenvalue weighted by Crippen LogP contribution is -2.52. The Morgan fingerprint density at radius 3 is 2.90 bits per heavy atom. The van der Waals surface area contributed by atoms with Crippen molar-refractivity contribution in [3.63, 3.8) is 0 Å². The highest BCUT2D eigenvalue weighted by molar-refractivity contribution is 7.99. The molecule has 1 fully saturated rings. The Labute approximate surface area is 125 Å². The van der Waals surface area contributed by atoms with Crippen molar-refractivity contribution < 1.29 is 14.7 Å². The molecule has 0 aliphatic carbocycles. The fourth-order valence-corrected chi connectivity index (χ4v) is 3.73. The van der Waals surface area contributed by atoms with Crippen LogP contribution in [0.1, 0.15) is 30.1 Å². The first-order valence-corrected chi connectivity index (χ1v) is 7.72. The molecule has 1 N–H and O–H groups in total. The fraction of sp³-hybridized carbons (Fsp3) is 0.538. The average molecular weight is 309 g/mol. The molecule has 3 rings (SSSR count). The second kappa shape index (κ2) is 4.87. The third-order valence-corrected chi connectivity index (χ3v) is 5.10. The van der Waals surface area contributed by atoms with E-state index in [1.165, 1.54) is 34.3 Å². The summed E-state index contributed by atoms with van der Waals surface area (Å²) in [6.45, 7) is 2.40. The Bertz CT molecular complexity index is 686. The van der Waals surface area contributed by atoms with Gasteiger partial charge in [0.05, 0.1) is 0 Å². The van der Waals surface area contributed by atoms with E-state index in [-0.39, 0.29) is 11.1 Å². The van der Waals surface area contributed by atoms with Gasteiger partial charge >= 0.3 is 5.97 Å². The Morgan fingerprint density at radius 2 is 2.19 bits per heavy atom. The molecule has 3 heterocycles. The lowest BCUT2D eigenvalue weighted by molar-refractivity contribution is -0.147. The number of hydrogen-bond acceptors (Lipinski definition) is 5. The van der Waals surface area contributed by atoms with E-state index < -0.39 is 17.4 Å². The normalized spacial score (nSPS) is 24.1. The van der Waals surface area contributed by atoms with Crippen molar-refractivity contribution in [2.45, 2.75) is 37.0 Å². The monoisotopic (exact) mass is 309 g/mol. The van der Waals surface area contributed by atoms with Crippen molar-refractivity contribution in [1.29, 1.82) is 0 Å². The van der Waals surface area contributed by atoms with Gasteiger partial charge in [-0.15, -0.1) is 0 Å². The lowest BCUT2D eigenvalue weighted by Gasteiger charge is -2.31. The van der Waals surface area contributed by atoms with Crippen LogP contribution in [0, 0.1) is 0 Å². The number of rotatable bonds is 2. The molecule has 8 heteroatoms. The first kappa shape index (κ1) is 14.1. The minimum atomic E-state index is -1.25.